The Labute approximate surface area is 190 Å². The maximum atomic E-state index is 12.2. The van der Waals surface area contributed by atoms with Gasteiger partial charge in [0.15, 0.2) is 0 Å². The number of pyridine rings is 1. The predicted molar refractivity (Wildman–Crippen MR) is 127 cm³/mol. The van der Waals surface area contributed by atoms with Crippen molar-refractivity contribution in [1.82, 2.24) is 9.29 Å². The lowest BCUT2D eigenvalue weighted by Crippen LogP contribution is -2.48. The summed E-state index contributed by atoms with van der Waals surface area (Å²) in [5, 5.41) is 0. The molecule has 8 heteroatoms. The van der Waals surface area contributed by atoms with Crippen LogP contribution >= 0.6 is 0 Å². The van der Waals surface area contributed by atoms with Crippen LogP contribution in [-0.4, -0.2) is 50.6 Å². The van der Waals surface area contributed by atoms with Crippen LogP contribution < -0.4 is 15.2 Å². The number of ether oxygens (including phenoxy) is 1. The van der Waals surface area contributed by atoms with Gasteiger partial charge in [0.05, 0.1) is 25.0 Å². The number of anilines is 1. The normalized spacial score (nSPS) is 26.4. The molecule has 2 atom stereocenters. The van der Waals surface area contributed by atoms with Gasteiger partial charge in [-0.05, 0) is 49.7 Å². The summed E-state index contributed by atoms with van der Waals surface area (Å²) in [6.07, 6.45) is 6.24. The molecular weight excluding hydrogens is 426 g/mol. The Morgan fingerprint density at radius 3 is 2.41 bits per heavy atom. The van der Waals surface area contributed by atoms with E-state index in [9.17, 15) is 13.2 Å². The van der Waals surface area contributed by atoms with Crippen molar-refractivity contribution in [2.45, 2.75) is 56.2 Å². The molecule has 2 aromatic rings. The van der Waals surface area contributed by atoms with E-state index in [0.29, 0.717) is 25.5 Å². The van der Waals surface area contributed by atoms with Gasteiger partial charge in [0.2, 0.25) is 10.0 Å². The summed E-state index contributed by atoms with van der Waals surface area (Å²) in [5.74, 6) is 1.37. The lowest BCUT2D eigenvalue weighted by Gasteiger charge is -2.34. The molecule has 0 radical (unpaired) electrons. The molecule has 1 aromatic carbocycles. The molecule has 1 saturated heterocycles. The number of nitrogens with one attached hydrogen (secondary N) is 1. The minimum atomic E-state index is -3.35. The van der Waals surface area contributed by atoms with Crippen LogP contribution in [-0.2, 0) is 21.8 Å². The highest BCUT2D eigenvalue weighted by Gasteiger charge is 2.37. The summed E-state index contributed by atoms with van der Waals surface area (Å²) < 4.78 is 34.6. The van der Waals surface area contributed by atoms with Crippen LogP contribution in [0, 0.1) is 0 Å². The van der Waals surface area contributed by atoms with Gasteiger partial charge >= 0.3 is 0 Å². The van der Waals surface area contributed by atoms with Crippen molar-refractivity contribution in [3.05, 3.63) is 64.4 Å². The number of sulfonamides is 1. The molecule has 2 aliphatic rings. The molecule has 32 heavy (non-hydrogen) atoms. The molecule has 2 fully saturated rings. The van der Waals surface area contributed by atoms with E-state index in [-0.39, 0.29) is 23.7 Å². The van der Waals surface area contributed by atoms with E-state index in [4.69, 9.17) is 4.74 Å². The first-order valence-electron chi connectivity index (χ1n) is 11.4. The zero-order valence-corrected chi connectivity index (χ0v) is 19.6. The van der Waals surface area contributed by atoms with Crippen molar-refractivity contribution in [2.75, 3.05) is 24.3 Å². The van der Waals surface area contributed by atoms with Gasteiger partial charge in [-0.15, -0.1) is 0 Å². The summed E-state index contributed by atoms with van der Waals surface area (Å²) in [6, 6.07) is 15.4. The standard InChI is InChI=1S/C24H33N3O4S/c1-26-23(9-6-10-24(26)28)27-16-15-21(25-32(2,29)30)22(27)17-31-20-13-11-19(12-14-20)18-7-4-3-5-8-18/h3-10,19-22,25H,11-17H2,1-2H3/t19?,20?,21-,22-/m0/s1. The Kier molecular flexibility index (Phi) is 7.02. The van der Waals surface area contributed by atoms with Gasteiger partial charge in [0.25, 0.3) is 5.56 Å². The quantitative estimate of drug-likeness (QED) is 0.689. The number of nitrogens with zero attached hydrogens (tertiary/aromatic N) is 2. The molecule has 1 saturated carbocycles. The lowest BCUT2D eigenvalue weighted by atomic mass is 9.83. The molecule has 0 amide bonds. The average molecular weight is 460 g/mol. The number of hydrogen-bond donors (Lipinski definition) is 1. The van der Waals surface area contributed by atoms with Crippen molar-refractivity contribution >= 4 is 15.8 Å². The van der Waals surface area contributed by atoms with Crippen LogP contribution in [0.25, 0.3) is 0 Å². The summed E-state index contributed by atoms with van der Waals surface area (Å²) in [4.78, 5) is 14.3. The van der Waals surface area contributed by atoms with E-state index in [1.54, 1.807) is 17.7 Å². The first kappa shape index (κ1) is 23.0. The third-order valence-corrected chi connectivity index (χ3v) is 7.54. The summed E-state index contributed by atoms with van der Waals surface area (Å²) in [6.45, 7) is 1.09. The maximum Gasteiger partial charge on any atom is 0.251 e. The molecule has 1 aliphatic heterocycles. The van der Waals surface area contributed by atoms with Crippen LogP contribution in [0.4, 0.5) is 5.82 Å². The number of hydrogen-bond acceptors (Lipinski definition) is 5. The lowest BCUT2D eigenvalue weighted by molar-refractivity contribution is 0.0155. The summed E-state index contributed by atoms with van der Waals surface area (Å²) >= 11 is 0. The maximum absolute atomic E-state index is 12.2. The smallest absolute Gasteiger partial charge is 0.251 e. The third-order valence-electron chi connectivity index (χ3n) is 6.81. The van der Waals surface area contributed by atoms with E-state index in [0.717, 1.165) is 31.5 Å². The highest BCUT2D eigenvalue weighted by molar-refractivity contribution is 7.88. The zero-order chi connectivity index (χ0) is 22.7. The van der Waals surface area contributed by atoms with Crippen LogP contribution in [0.5, 0.6) is 0 Å². The fraction of sp³-hybridized carbons (Fsp3) is 0.542. The molecule has 0 unspecified atom stereocenters. The van der Waals surface area contributed by atoms with Crippen LogP contribution in [0.15, 0.2) is 53.3 Å². The summed E-state index contributed by atoms with van der Waals surface area (Å²) in [7, 11) is -1.60. The molecular formula is C24H33N3O4S. The van der Waals surface area contributed by atoms with Crippen LogP contribution in [0.1, 0.15) is 43.6 Å². The van der Waals surface area contributed by atoms with Gasteiger partial charge in [0.1, 0.15) is 5.82 Å². The fourth-order valence-electron chi connectivity index (χ4n) is 5.12. The van der Waals surface area contributed by atoms with Crippen molar-refractivity contribution in [2.24, 2.45) is 7.05 Å². The van der Waals surface area contributed by atoms with E-state index >= 15 is 0 Å². The Morgan fingerprint density at radius 1 is 1.00 bits per heavy atom. The Hall–Kier alpha value is -2.16. The number of benzene rings is 1. The molecule has 7 nitrogen and oxygen atoms in total. The first-order chi connectivity index (χ1) is 15.3. The van der Waals surface area contributed by atoms with Crippen molar-refractivity contribution in [3.63, 3.8) is 0 Å². The Bertz CT molecular complexity index is 1060. The van der Waals surface area contributed by atoms with E-state index in [2.05, 4.69) is 40.0 Å². The van der Waals surface area contributed by atoms with Crippen molar-refractivity contribution < 1.29 is 13.2 Å². The minimum Gasteiger partial charge on any atom is -0.376 e. The minimum absolute atomic E-state index is 0.0825. The van der Waals surface area contributed by atoms with E-state index < -0.39 is 10.0 Å². The molecule has 4 rings (SSSR count). The van der Waals surface area contributed by atoms with Gasteiger partial charge in [0, 0.05) is 25.7 Å². The number of rotatable bonds is 7. The van der Waals surface area contributed by atoms with Gasteiger partial charge in [-0.3, -0.25) is 9.36 Å². The van der Waals surface area contributed by atoms with Crippen LogP contribution in [0.2, 0.25) is 0 Å². The van der Waals surface area contributed by atoms with Gasteiger partial charge in [-0.2, -0.15) is 0 Å². The SMILES string of the molecule is Cn1c(N2CC[C@H](NS(C)(=O)=O)[C@@H]2COC2CCC(c3ccccc3)CC2)cccc1=O. The summed E-state index contributed by atoms with van der Waals surface area (Å²) in [5.41, 5.74) is 1.32. The molecule has 1 aromatic heterocycles. The van der Waals surface area contributed by atoms with Crippen LogP contribution in [0.3, 0.4) is 0 Å². The monoisotopic (exact) mass is 459 g/mol. The van der Waals surface area contributed by atoms with E-state index in [1.807, 2.05) is 6.07 Å². The second-order valence-electron chi connectivity index (χ2n) is 9.04. The molecule has 174 valence electrons. The van der Waals surface area contributed by atoms with Gasteiger partial charge in [-0.25, -0.2) is 13.1 Å². The third kappa shape index (κ3) is 5.42. The fourth-order valence-corrected chi connectivity index (χ4v) is 5.95. The van der Waals surface area contributed by atoms with Gasteiger partial charge < -0.3 is 9.64 Å². The van der Waals surface area contributed by atoms with Gasteiger partial charge in [-0.1, -0.05) is 36.4 Å². The topological polar surface area (TPSA) is 80.6 Å². The predicted octanol–water partition coefficient (Wildman–Crippen LogP) is 2.62. The first-order valence-corrected chi connectivity index (χ1v) is 13.3. The van der Waals surface area contributed by atoms with Crippen molar-refractivity contribution in [3.8, 4) is 0 Å². The largest absolute Gasteiger partial charge is 0.376 e. The molecule has 1 N–H and O–H groups in total. The molecule has 0 bridgehead atoms. The Balaban J connectivity index is 1.43. The molecule has 2 heterocycles. The molecule has 0 spiro atoms. The van der Waals surface area contributed by atoms with E-state index in [1.165, 1.54) is 17.9 Å². The Morgan fingerprint density at radius 2 is 1.72 bits per heavy atom. The average Bonchev–Trinajstić information content (AvgIpc) is 3.15. The molecule has 1 aliphatic carbocycles. The highest BCUT2D eigenvalue weighted by atomic mass is 32.2. The van der Waals surface area contributed by atoms with Crippen molar-refractivity contribution in [1.29, 1.82) is 0 Å². The number of aromatic nitrogens is 1. The zero-order valence-electron chi connectivity index (χ0n) is 18.8. The highest BCUT2D eigenvalue weighted by Crippen LogP contribution is 2.34. The second kappa shape index (κ2) is 9.77. The second-order valence-corrected chi connectivity index (χ2v) is 10.8.